The minimum atomic E-state index is -1.09. The van der Waals surface area contributed by atoms with Crippen molar-refractivity contribution in [3.8, 4) is 28.6 Å². The normalized spacial score (nSPS) is 10.7. The molecule has 3 rings (SSSR count). The predicted octanol–water partition coefficient (Wildman–Crippen LogP) is 4.94. The van der Waals surface area contributed by atoms with Gasteiger partial charge >= 0.3 is 5.97 Å². The number of aromatic nitrogens is 2. The number of rotatable bonds is 5. The summed E-state index contributed by atoms with van der Waals surface area (Å²) in [7, 11) is 0. The lowest BCUT2D eigenvalue weighted by Crippen LogP contribution is -2.10. The molecule has 0 aliphatic carbocycles. The van der Waals surface area contributed by atoms with Crippen LogP contribution in [0.3, 0.4) is 0 Å². The Labute approximate surface area is 160 Å². The van der Waals surface area contributed by atoms with E-state index in [1.54, 1.807) is 36.4 Å². The zero-order valence-corrected chi connectivity index (χ0v) is 15.5. The van der Waals surface area contributed by atoms with E-state index in [0.717, 1.165) is 4.47 Å². The number of carboxylic acid groups (broad SMARTS) is 1. The molecule has 3 aromatic rings. The van der Waals surface area contributed by atoms with E-state index in [0.29, 0.717) is 26.9 Å². The van der Waals surface area contributed by atoms with Crippen LogP contribution in [0, 0.1) is 0 Å². The number of aliphatic carboxylic acids is 1. The van der Waals surface area contributed by atoms with E-state index in [2.05, 4.69) is 26.1 Å². The Bertz CT molecular complexity index is 925. The number of benzene rings is 2. The average molecular weight is 444 g/mol. The fourth-order valence-corrected chi connectivity index (χ4v) is 3.01. The summed E-state index contributed by atoms with van der Waals surface area (Å²) < 4.78 is 11.3. The second-order valence-corrected chi connectivity index (χ2v) is 6.57. The third-order valence-corrected chi connectivity index (χ3v) is 4.26. The molecule has 0 amide bonds. The maximum atomic E-state index is 10.7. The summed E-state index contributed by atoms with van der Waals surface area (Å²) in [6.45, 7) is -0.494. The Hall–Kier alpha value is -2.09. The molecule has 0 saturated carbocycles. The number of halogens is 3. The first-order valence-corrected chi connectivity index (χ1v) is 8.43. The van der Waals surface area contributed by atoms with Crippen molar-refractivity contribution < 1.29 is 19.2 Å². The van der Waals surface area contributed by atoms with Gasteiger partial charge in [-0.15, -0.1) is 0 Å². The van der Waals surface area contributed by atoms with Crippen LogP contribution in [0.1, 0.15) is 0 Å². The predicted molar refractivity (Wildman–Crippen MR) is 96.0 cm³/mol. The van der Waals surface area contributed by atoms with Crippen molar-refractivity contribution in [2.75, 3.05) is 6.61 Å². The highest BCUT2D eigenvalue weighted by molar-refractivity contribution is 9.10. The van der Waals surface area contributed by atoms with Crippen LogP contribution in [0.2, 0.25) is 10.0 Å². The zero-order chi connectivity index (χ0) is 18.0. The van der Waals surface area contributed by atoms with E-state index in [1.165, 1.54) is 0 Å². The van der Waals surface area contributed by atoms with Gasteiger partial charge in [0, 0.05) is 4.47 Å². The number of carbonyl (C=O) groups is 1. The summed E-state index contributed by atoms with van der Waals surface area (Å²) in [5, 5.41) is 13.5. The van der Waals surface area contributed by atoms with Crippen molar-refractivity contribution in [2.45, 2.75) is 0 Å². The molecule has 0 spiro atoms. The largest absolute Gasteiger partial charge is 0.481 e. The Morgan fingerprint density at radius 2 is 1.96 bits per heavy atom. The van der Waals surface area contributed by atoms with E-state index in [-0.39, 0.29) is 11.7 Å². The maximum Gasteiger partial charge on any atom is 0.341 e. The molecule has 25 heavy (non-hydrogen) atoms. The molecule has 9 heteroatoms. The standard InChI is InChI=1S/C16H9BrCl2N2O4/c17-8-4-5-12(24-7-13(22)23)9(6-8)16-20-15(21-25-16)14-10(18)2-1-3-11(14)19/h1-6H,7H2,(H,22,23). The van der Waals surface area contributed by atoms with Gasteiger partial charge in [-0.1, -0.05) is 50.4 Å². The third kappa shape index (κ3) is 3.95. The van der Waals surface area contributed by atoms with Crippen molar-refractivity contribution in [2.24, 2.45) is 0 Å². The van der Waals surface area contributed by atoms with Crippen LogP contribution in [0.4, 0.5) is 0 Å². The fraction of sp³-hybridized carbons (Fsp3) is 0.0625. The second kappa shape index (κ2) is 7.43. The highest BCUT2D eigenvalue weighted by atomic mass is 79.9. The van der Waals surface area contributed by atoms with Crippen LogP contribution in [0.15, 0.2) is 45.4 Å². The van der Waals surface area contributed by atoms with Gasteiger partial charge in [0.2, 0.25) is 5.82 Å². The number of carboxylic acids is 1. The summed E-state index contributed by atoms with van der Waals surface area (Å²) >= 11 is 15.7. The number of hydrogen-bond donors (Lipinski definition) is 1. The molecular weight excluding hydrogens is 435 g/mol. The Morgan fingerprint density at radius 3 is 2.64 bits per heavy atom. The lowest BCUT2D eigenvalue weighted by atomic mass is 10.2. The van der Waals surface area contributed by atoms with Crippen molar-refractivity contribution in [1.82, 2.24) is 10.1 Å². The molecule has 1 heterocycles. The number of nitrogens with zero attached hydrogens (tertiary/aromatic N) is 2. The highest BCUT2D eigenvalue weighted by Gasteiger charge is 2.19. The molecule has 6 nitrogen and oxygen atoms in total. The lowest BCUT2D eigenvalue weighted by molar-refractivity contribution is -0.139. The fourth-order valence-electron chi connectivity index (χ4n) is 2.08. The van der Waals surface area contributed by atoms with Gasteiger partial charge in [-0.25, -0.2) is 4.79 Å². The first kappa shape index (κ1) is 17.7. The molecule has 1 aromatic heterocycles. The molecule has 0 saturated heterocycles. The zero-order valence-electron chi connectivity index (χ0n) is 12.4. The molecular formula is C16H9BrCl2N2O4. The summed E-state index contributed by atoms with van der Waals surface area (Å²) in [6.07, 6.45) is 0. The molecule has 0 radical (unpaired) electrons. The molecule has 0 fully saturated rings. The molecule has 2 aromatic carbocycles. The number of ether oxygens (including phenoxy) is 1. The van der Waals surface area contributed by atoms with Crippen LogP contribution in [0.5, 0.6) is 5.75 Å². The van der Waals surface area contributed by atoms with E-state index in [9.17, 15) is 4.79 Å². The quantitative estimate of drug-likeness (QED) is 0.601. The minimum Gasteiger partial charge on any atom is -0.481 e. The van der Waals surface area contributed by atoms with Gasteiger partial charge in [-0.05, 0) is 30.3 Å². The molecule has 0 unspecified atom stereocenters. The molecule has 0 aliphatic heterocycles. The van der Waals surface area contributed by atoms with Crippen LogP contribution >= 0.6 is 39.1 Å². The first-order chi connectivity index (χ1) is 12.0. The van der Waals surface area contributed by atoms with Crippen molar-refractivity contribution in [3.05, 3.63) is 50.9 Å². The van der Waals surface area contributed by atoms with E-state index >= 15 is 0 Å². The van der Waals surface area contributed by atoms with Gasteiger partial charge < -0.3 is 14.4 Å². The minimum absolute atomic E-state index is 0.146. The van der Waals surface area contributed by atoms with Crippen molar-refractivity contribution in [3.63, 3.8) is 0 Å². The third-order valence-electron chi connectivity index (χ3n) is 3.14. The van der Waals surface area contributed by atoms with Crippen molar-refractivity contribution >= 4 is 45.1 Å². The monoisotopic (exact) mass is 442 g/mol. The van der Waals surface area contributed by atoms with Crippen LogP contribution in [0.25, 0.3) is 22.8 Å². The number of hydrogen-bond acceptors (Lipinski definition) is 5. The summed E-state index contributed by atoms with van der Waals surface area (Å²) in [6, 6.07) is 10.0. The van der Waals surface area contributed by atoms with Crippen molar-refractivity contribution in [1.29, 1.82) is 0 Å². The van der Waals surface area contributed by atoms with Crippen LogP contribution in [-0.4, -0.2) is 27.8 Å². The molecule has 0 bridgehead atoms. The van der Waals surface area contributed by atoms with Gasteiger partial charge in [0.25, 0.3) is 5.89 Å². The van der Waals surface area contributed by atoms with Gasteiger partial charge in [0.1, 0.15) is 5.75 Å². The van der Waals surface area contributed by atoms with E-state index in [1.807, 2.05) is 0 Å². The second-order valence-electron chi connectivity index (χ2n) is 4.84. The van der Waals surface area contributed by atoms with Gasteiger partial charge in [0.05, 0.1) is 21.2 Å². The Kier molecular flexibility index (Phi) is 5.27. The smallest absolute Gasteiger partial charge is 0.341 e. The summed E-state index contributed by atoms with van der Waals surface area (Å²) in [5.74, 6) is -0.434. The Balaban J connectivity index is 2.03. The average Bonchev–Trinajstić information content (AvgIpc) is 3.03. The van der Waals surface area contributed by atoms with E-state index in [4.69, 9.17) is 37.6 Å². The maximum absolute atomic E-state index is 10.7. The first-order valence-electron chi connectivity index (χ1n) is 6.88. The summed E-state index contributed by atoms with van der Waals surface area (Å²) in [4.78, 5) is 15.0. The van der Waals surface area contributed by atoms with Crippen LogP contribution in [-0.2, 0) is 4.79 Å². The topological polar surface area (TPSA) is 85.5 Å². The van der Waals surface area contributed by atoms with E-state index < -0.39 is 12.6 Å². The molecule has 1 N–H and O–H groups in total. The Morgan fingerprint density at radius 1 is 1.24 bits per heavy atom. The highest BCUT2D eigenvalue weighted by Crippen LogP contribution is 2.36. The van der Waals surface area contributed by atoms with Gasteiger partial charge in [-0.3, -0.25) is 0 Å². The summed E-state index contributed by atoms with van der Waals surface area (Å²) in [5.41, 5.74) is 0.890. The molecule has 128 valence electrons. The van der Waals surface area contributed by atoms with Crippen LogP contribution < -0.4 is 4.74 Å². The molecule has 0 aliphatic rings. The van der Waals surface area contributed by atoms with Gasteiger partial charge in [-0.2, -0.15) is 4.98 Å². The molecule has 0 atom stereocenters. The lowest BCUT2D eigenvalue weighted by Gasteiger charge is -2.07. The van der Waals surface area contributed by atoms with Gasteiger partial charge in [0.15, 0.2) is 6.61 Å². The SMILES string of the molecule is O=C(O)COc1ccc(Br)cc1-c1nc(-c2c(Cl)cccc2Cl)no1.